The van der Waals surface area contributed by atoms with Crippen molar-refractivity contribution in [1.82, 2.24) is 15.3 Å². The molecular formula is C11H16BrN3O2. The SMILES string of the molecule is CC(NC(=O)OC(C)(C)C)c1ncc(Br)cn1. The molecule has 0 aromatic carbocycles. The highest BCUT2D eigenvalue weighted by atomic mass is 79.9. The van der Waals surface area contributed by atoms with Crippen molar-refractivity contribution in [2.75, 3.05) is 0 Å². The van der Waals surface area contributed by atoms with Crippen molar-refractivity contribution in [3.05, 3.63) is 22.7 Å². The Kier molecular flexibility index (Phi) is 4.45. The molecule has 94 valence electrons. The van der Waals surface area contributed by atoms with Crippen LogP contribution in [0, 0.1) is 0 Å². The largest absolute Gasteiger partial charge is 0.444 e. The van der Waals surface area contributed by atoms with Crippen molar-refractivity contribution in [3.63, 3.8) is 0 Å². The van der Waals surface area contributed by atoms with E-state index in [1.807, 2.05) is 20.8 Å². The van der Waals surface area contributed by atoms with Gasteiger partial charge in [-0.3, -0.25) is 0 Å². The number of alkyl carbamates (subject to hydrolysis) is 1. The highest BCUT2D eigenvalue weighted by Gasteiger charge is 2.19. The van der Waals surface area contributed by atoms with Crippen molar-refractivity contribution in [3.8, 4) is 0 Å². The van der Waals surface area contributed by atoms with Crippen LogP contribution in [-0.4, -0.2) is 21.7 Å². The Morgan fingerprint density at radius 2 is 1.94 bits per heavy atom. The molecule has 17 heavy (non-hydrogen) atoms. The van der Waals surface area contributed by atoms with Crippen molar-refractivity contribution in [2.24, 2.45) is 0 Å². The zero-order chi connectivity index (χ0) is 13.1. The molecule has 0 radical (unpaired) electrons. The minimum absolute atomic E-state index is 0.294. The number of rotatable bonds is 2. The third-order valence-corrected chi connectivity index (χ3v) is 2.17. The predicted molar refractivity (Wildman–Crippen MR) is 67.5 cm³/mol. The number of halogens is 1. The molecule has 0 bridgehead atoms. The first-order valence-electron chi connectivity index (χ1n) is 5.25. The highest BCUT2D eigenvalue weighted by molar-refractivity contribution is 9.10. The van der Waals surface area contributed by atoms with Gasteiger partial charge in [-0.2, -0.15) is 0 Å². The average molecular weight is 302 g/mol. The fourth-order valence-corrected chi connectivity index (χ4v) is 1.30. The molecule has 0 spiro atoms. The monoisotopic (exact) mass is 301 g/mol. The highest BCUT2D eigenvalue weighted by Crippen LogP contribution is 2.12. The van der Waals surface area contributed by atoms with Crippen LogP contribution in [0.2, 0.25) is 0 Å². The lowest BCUT2D eigenvalue weighted by molar-refractivity contribution is 0.0506. The Hall–Kier alpha value is -1.17. The second kappa shape index (κ2) is 5.44. The van der Waals surface area contributed by atoms with Gasteiger partial charge in [0.25, 0.3) is 0 Å². The molecule has 1 aromatic heterocycles. The average Bonchev–Trinajstić information content (AvgIpc) is 2.15. The maximum atomic E-state index is 11.5. The van der Waals surface area contributed by atoms with Gasteiger partial charge in [0.2, 0.25) is 0 Å². The number of hydrogen-bond acceptors (Lipinski definition) is 4. The molecule has 1 rings (SSSR count). The minimum atomic E-state index is -0.510. The summed E-state index contributed by atoms with van der Waals surface area (Å²) in [6.45, 7) is 7.24. The fourth-order valence-electron chi connectivity index (χ4n) is 1.09. The Bertz CT molecular complexity index is 387. The van der Waals surface area contributed by atoms with Crippen LogP contribution in [0.15, 0.2) is 16.9 Å². The van der Waals surface area contributed by atoms with Gasteiger partial charge in [-0.05, 0) is 43.6 Å². The lowest BCUT2D eigenvalue weighted by Gasteiger charge is -2.21. The van der Waals surface area contributed by atoms with Crippen molar-refractivity contribution >= 4 is 22.0 Å². The normalized spacial score (nSPS) is 13.0. The molecule has 1 aromatic rings. The molecule has 0 saturated carbocycles. The van der Waals surface area contributed by atoms with Gasteiger partial charge in [0.15, 0.2) is 0 Å². The quantitative estimate of drug-likeness (QED) is 0.912. The van der Waals surface area contributed by atoms with Crippen LogP contribution < -0.4 is 5.32 Å². The summed E-state index contributed by atoms with van der Waals surface area (Å²) in [4.78, 5) is 19.7. The number of amides is 1. The molecule has 0 aliphatic heterocycles. The third kappa shape index (κ3) is 5.12. The van der Waals surface area contributed by atoms with E-state index in [2.05, 4.69) is 31.2 Å². The summed E-state index contributed by atoms with van der Waals surface area (Å²) in [5.74, 6) is 0.541. The minimum Gasteiger partial charge on any atom is -0.444 e. The van der Waals surface area contributed by atoms with Crippen molar-refractivity contribution in [1.29, 1.82) is 0 Å². The van der Waals surface area contributed by atoms with E-state index in [1.54, 1.807) is 19.3 Å². The number of nitrogens with zero attached hydrogens (tertiary/aromatic N) is 2. The first-order chi connectivity index (χ1) is 7.78. The molecule has 5 nitrogen and oxygen atoms in total. The van der Waals surface area contributed by atoms with E-state index < -0.39 is 11.7 Å². The van der Waals surface area contributed by atoms with Crippen molar-refractivity contribution < 1.29 is 9.53 Å². The van der Waals surface area contributed by atoms with Crippen LogP contribution >= 0.6 is 15.9 Å². The topological polar surface area (TPSA) is 64.1 Å². The van der Waals surface area contributed by atoms with Gasteiger partial charge in [0.1, 0.15) is 11.4 Å². The van der Waals surface area contributed by atoms with Gasteiger partial charge >= 0.3 is 6.09 Å². The Morgan fingerprint density at radius 1 is 1.41 bits per heavy atom. The summed E-state index contributed by atoms with van der Waals surface area (Å²) in [6, 6.07) is -0.294. The van der Waals surface area contributed by atoms with Gasteiger partial charge in [-0.1, -0.05) is 0 Å². The molecule has 1 atom stereocenters. The van der Waals surface area contributed by atoms with E-state index in [0.29, 0.717) is 5.82 Å². The molecular weight excluding hydrogens is 286 g/mol. The predicted octanol–water partition coefficient (Wildman–Crippen LogP) is 2.82. The van der Waals surface area contributed by atoms with Crippen LogP contribution in [0.4, 0.5) is 4.79 Å². The van der Waals surface area contributed by atoms with Crippen molar-refractivity contribution in [2.45, 2.75) is 39.3 Å². The van der Waals surface area contributed by atoms with Gasteiger partial charge in [-0.15, -0.1) is 0 Å². The Morgan fingerprint density at radius 3 is 2.41 bits per heavy atom. The number of carbonyl (C=O) groups is 1. The van der Waals surface area contributed by atoms with E-state index in [0.717, 1.165) is 4.47 Å². The molecule has 1 heterocycles. The molecule has 0 saturated heterocycles. The zero-order valence-electron chi connectivity index (χ0n) is 10.3. The smallest absolute Gasteiger partial charge is 0.408 e. The van der Waals surface area contributed by atoms with E-state index in [-0.39, 0.29) is 6.04 Å². The lowest BCUT2D eigenvalue weighted by atomic mass is 10.2. The number of nitrogens with one attached hydrogen (secondary N) is 1. The molecule has 0 aliphatic carbocycles. The summed E-state index contributed by atoms with van der Waals surface area (Å²) < 4.78 is 5.94. The van der Waals surface area contributed by atoms with Crippen LogP contribution in [0.3, 0.4) is 0 Å². The summed E-state index contributed by atoms with van der Waals surface area (Å²) in [5.41, 5.74) is -0.510. The number of carbonyl (C=O) groups excluding carboxylic acids is 1. The van der Waals surface area contributed by atoms with Gasteiger partial charge in [0, 0.05) is 12.4 Å². The fraction of sp³-hybridized carbons (Fsp3) is 0.545. The van der Waals surface area contributed by atoms with E-state index in [4.69, 9.17) is 4.74 Å². The van der Waals surface area contributed by atoms with Gasteiger partial charge < -0.3 is 10.1 Å². The number of ether oxygens (including phenoxy) is 1. The van der Waals surface area contributed by atoms with Gasteiger partial charge in [0.05, 0.1) is 10.5 Å². The van der Waals surface area contributed by atoms with Gasteiger partial charge in [-0.25, -0.2) is 14.8 Å². The summed E-state index contributed by atoms with van der Waals surface area (Å²) in [6.07, 6.45) is 2.79. The summed E-state index contributed by atoms with van der Waals surface area (Å²) >= 11 is 3.25. The van der Waals surface area contributed by atoms with Crippen LogP contribution in [0.25, 0.3) is 0 Å². The van der Waals surface area contributed by atoms with Crippen LogP contribution in [0.5, 0.6) is 0 Å². The maximum absolute atomic E-state index is 11.5. The van der Waals surface area contributed by atoms with Crippen LogP contribution in [-0.2, 0) is 4.74 Å². The lowest BCUT2D eigenvalue weighted by Crippen LogP contribution is -2.34. The van der Waals surface area contributed by atoms with E-state index in [1.165, 1.54) is 0 Å². The Labute approximate surface area is 109 Å². The summed E-state index contributed by atoms with van der Waals surface area (Å²) in [7, 11) is 0. The maximum Gasteiger partial charge on any atom is 0.408 e. The number of aromatic nitrogens is 2. The molecule has 1 N–H and O–H groups in total. The molecule has 6 heteroatoms. The third-order valence-electron chi connectivity index (χ3n) is 1.76. The van der Waals surface area contributed by atoms with E-state index in [9.17, 15) is 4.79 Å². The second-order valence-electron chi connectivity index (χ2n) is 4.63. The van der Waals surface area contributed by atoms with E-state index >= 15 is 0 Å². The Balaban J connectivity index is 2.57. The van der Waals surface area contributed by atoms with Crippen LogP contribution in [0.1, 0.15) is 39.6 Å². The first kappa shape index (κ1) is 13.9. The molecule has 1 unspecified atom stereocenters. The summed E-state index contributed by atoms with van der Waals surface area (Å²) in [5, 5.41) is 2.67. The molecule has 1 amide bonds. The molecule has 0 aliphatic rings. The standard InChI is InChI=1S/C11H16BrN3O2/c1-7(9-13-5-8(12)6-14-9)15-10(16)17-11(2,3)4/h5-7H,1-4H3,(H,15,16). The second-order valence-corrected chi connectivity index (χ2v) is 5.54. The first-order valence-corrected chi connectivity index (χ1v) is 6.04. The molecule has 0 fully saturated rings. The zero-order valence-corrected chi connectivity index (χ0v) is 11.9. The number of hydrogen-bond donors (Lipinski definition) is 1.